The molecule has 2 N–H and O–H groups in total. The molecular formula is C15H18N2O2. The van der Waals surface area contributed by atoms with Gasteiger partial charge in [-0.2, -0.15) is 0 Å². The number of nitrogens with one attached hydrogen (secondary N) is 1. The van der Waals surface area contributed by atoms with Gasteiger partial charge in [-0.05, 0) is 38.5 Å². The van der Waals surface area contributed by atoms with Gasteiger partial charge in [-0.1, -0.05) is 12.1 Å². The molecule has 100 valence electrons. The third kappa shape index (κ3) is 3.29. The Bertz CT molecular complexity index is 576. The lowest BCUT2D eigenvalue weighted by Gasteiger charge is -2.16. The lowest BCUT2D eigenvalue weighted by Crippen LogP contribution is -2.34. The van der Waals surface area contributed by atoms with Gasteiger partial charge in [0.2, 0.25) is 0 Å². The Morgan fingerprint density at radius 1 is 1.32 bits per heavy atom. The normalized spacial score (nSPS) is 14.1. The molecule has 0 bridgehead atoms. The number of benzene rings is 1. The van der Waals surface area contributed by atoms with Crippen molar-refractivity contribution in [2.45, 2.75) is 32.4 Å². The fourth-order valence-corrected chi connectivity index (χ4v) is 2.17. The SMILES string of the molecule is CC(O)CC(C)NC(=O)c1cccc2ncccc12. The molecule has 1 amide bonds. The van der Waals surface area contributed by atoms with Gasteiger partial charge < -0.3 is 10.4 Å². The number of carbonyl (C=O) groups excluding carboxylic acids is 1. The van der Waals surface area contributed by atoms with Gasteiger partial charge in [0.05, 0.1) is 11.6 Å². The summed E-state index contributed by atoms with van der Waals surface area (Å²) in [5.41, 5.74) is 1.42. The van der Waals surface area contributed by atoms with E-state index in [0.29, 0.717) is 12.0 Å². The highest BCUT2D eigenvalue weighted by Crippen LogP contribution is 2.16. The molecule has 1 aromatic heterocycles. The van der Waals surface area contributed by atoms with Crippen molar-refractivity contribution in [3.63, 3.8) is 0 Å². The van der Waals surface area contributed by atoms with Crippen LogP contribution in [0.4, 0.5) is 0 Å². The van der Waals surface area contributed by atoms with E-state index in [0.717, 1.165) is 10.9 Å². The molecule has 2 rings (SSSR count). The van der Waals surface area contributed by atoms with E-state index in [9.17, 15) is 9.90 Å². The Labute approximate surface area is 112 Å². The summed E-state index contributed by atoms with van der Waals surface area (Å²) in [7, 11) is 0. The largest absolute Gasteiger partial charge is 0.393 e. The smallest absolute Gasteiger partial charge is 0.252 e. The van der Waals surface area contributed by atoms with E-state index in [2.05, 4.69) is 10.3 Å². The number of aliphatic hydroxyl groups is 1. The second kappa shape index (κ2) is 5.80. The average molecular weight is 258 g/mol. The van der Waals surface area contributed by atoms with Gasteiger partial charge in [-0.25, -0.2) is 0 Å². The van der Waals surface area contributed by atoms with E-state index in [1.807, 2.05) is 31.2 Å². The van der Waals surface area contributed by atoms with Gasteiger partial charge in [-0.15, -0.1) is 0 Å². The summed E-state index contributed by atoms with van der Waals surface area (Å²) < 4.78 is 0. The van der Waals surface area contributed by atoms with Gasteiger partial charge in [0, 0.05) is 23.2 Å². The minimum absolute atomic E-state index is 0.0700. The minimum atomic E-state index is -0.426. The number of hydrogen-bond acceptors (Lipinski definition) is 3. The van der Waals surface area contributed by atoms with Crippen LogP contribution >= 0.6 is 0 Å². The zero-order valence-electron chi connectivity index (χ0n) is 11.1. The van der Waals surface area contributed by atoms with Crippen molar-refractivity contribution < 1.29 is 9.90 Å². The second-order valence-electron chi connectivity index (χ2n) is 4.83. The lowest BCUT2D eigenvalue weighted by atomic mass is 10.1. The molecule has 0 fully saturated rings. The summed E-state index contributed by atoms with van der Waals surface area (Å²) in [6.45, 7) is 3.60. The number of aromatic nitrogens is 1. The van der Waals surface area contributed by atoms with Gasteiger partial charge in [0.15, 0.2) is 0 Å². The third-order valence-electron chi connectivity index (χ3n) is 2.96. The summed E-state index contributed by atoms with van der Waals surface area (Å²) >= 11 is 0. The summed E-state index contributed by atoms with van der Waals surface area (Å²) in [6.07, 6.45) is 1.82. The maximum atomic E-state index is 12.2. The minimum Gasteiger partial charge on any atom is -0.393 e. The van der Waals surface area contributed by atoms with Crippen molar-refractivity contribution in [2.75, 3.05) is 0 Å². The Morgan fingerprint density at radius 2 is 2.11 bits per heavy atom. The van der Waals surface area contributed by atoms with Crippen LogP contribution in [0, 0.1) is 0 Å². The van der Waals surface area contributed by atoms with Gasteiger partial charge in [-0.3, -0.25) is 9.78 Å². The monoisotopic (exact) mass is 258 g/mol. The van der Waals surface area contributed by atoms with Crippen LogP contribution in [0.3, 0.4) is 0 Å². The summed E-state index contributed by atoms with van der Waals surface area (Å²) in [5.74, 6) is -0.133. The highest BCUT2D eigenvalue weighted by molar-refractivity contribution is 6.06. The molecule has 4 heteroatoms. The van der Waals surface area contributed by atoms with Gasteiger partial charge >= 0.3 is 0 Å². The van der Waals surface area contributed by atoms with E-state index < -0.39 is 6.10 Å². The number of hydrogen-bond donors (Lipinski definition) is 2. The van der Waals surface area contributed by atoms with Crippen molar-refractivity contribution in [1.82, 2.24) is 10.3 Å². The predicted octanol–water partition coefficient (Wildman–Crippen LogP) is 2.12. The molecule has 0 saturated carbocycles. The van der Waals surface area contributed by atoms with E-state index in [1.165, 1.54) is 0 Å². The van der Waals surface area contributed by atoms with Crippen LogP contribution in [-0.4, -0.2) is 28.1 Å². The molecule has 0 aliphatic rings. The molecule has 0 spiro atoms. The number of carbonyl (C=O) groups is 1. The maximum Gasteiger partial charge on any atom is 0.252 e. The Morgan fingerprint density at radius 3 is 2.84 bits per heavy atom. The van der Waals surface area contributed by atoms with Crippen molar-refractivity contribution >= 4 is 16.8 Å². The number of rotatable bonds is 4. The first kappa shape index (κ1) is 13.5. The Hall–Kier alpha value is -1.94. The fraction of sp³-hybridized carbons (Fsp3) is 0.333. The molecule has 2 aromatic rings. The first-order chi connectivity index (χ1) is 9.08. The number of amides is 1. The van der Waals surface area contributed by atoms with E-state index >= 15 is 0 Å². The predicted molar refractivity (Wildman–Crippen MR) is 75.0 cm³/mol. The number of nitrogens with zero attached hydrogens (tertiary/aromatic N) is 1. The van der Waals surface area contributed by atoms with E-state index in [4.69, 9.17) is 0 Å². The average Bonchev–Trinajstić information content (AvgIpc) is 2.36. The molecule has 2 atom stereocenters. The first-order valence-electron chi connectivity index (χ1n) is 6.40. The van der Waals surface area contributed by atoms with Crippen LogP contribution in [-0.2, 0) is 0 Å². The van der Waals surface area contributed by atoms with E-state index in [-0.39, 0.29) is 11.9 Å². The Kier molecular flexibility index (Phi) is 4.12. The molecule has 1 aromatic carbocycles. The summed E-state index contributed by atoms with van der Waals surface area (Å²) in [6, 6.07) is 9.12. The standard InChI is InChI=1S/C15H18N2O2/c1-10(9-11(2)18)17-15(19)13-5-3-7-14-12(13)6-4-8-16-14/h3-8,10-11,18H,9H2,1-2H3,(H,17,19). The summed E-state index contributed by atoms with van der Waals surface area (Å²) in [4.78, 5) is 16.5. The molecule has 2 unspecified atom stereocenters. The molecule has 0 aliphatic heterocycles. The van der Waals surface area contributed by atoms with E-state index in [1.54, 1.807) is 19.2 Å². The zero-order valence-corrected chi connectivity index (χ0v) is 11.1. The maximum absolute atomic E-state index is 12.2. The van der Waals surface area contributed by atoms with Crippen LogP contribution < -0.4 is 5.32 Å². The second-order valence-corrected chi connectivity index (χ2v) is 4.83. The number of aliphatic hydroxyl groups excluding tert-OH is 1. The highest BCUT2D eigenvalue weighted by atomic mass is 16.3. The third-order valence-corrected chi connectivity index (χ3v) is 2.96. The Balaban J connectivity index is 2.22. The van der Waals surface area contributed by atoms with Crippen molar-refractivity contribution in [2.24, 2.45) is 0 Å². The van der Waals surface area contributed by atoms with Crippen molar-refractivity contribution in [1.29, 1.82) is 0 Å². The topological polar surface area (TPSA) is 62.2 Å². The van der Waals surface area contributed by atoms with Crippen LogP contribution in [0.25, 0.3) is 10.9 Å². The molecule has 0 aliphatic carbocycles. The molecule has 0 radical (unpaired) electrons. The van der Waals surface area contributed by atoms with Crippen molar-refractivity contribution in [3.05, 3.63) is 42.1 Å². The van der Waals surface area contributed by atoms with Crippen LogP contribution in [0.2, 0.25) is 0 Å². The first-order valence-corrected chi connectivity index (χ1v) is 6.40. The molecule has 1 heterocycles. The van der Waals surface area contributed by atoms with Crippen LogP contribution in [0.15, 0.2) is 36.5 Å². The molecule has 19 heavy (non-hydrogen) atoms. The lowest BCUT2D eigenvalue weighted by molar-refractivity contribution is 0.0924. The van der Waals surface area contributed by atoms with Gasteiger partial charge in [0.25, 0.3) is 5.91 Å². The quantitative estimate of drug-likeness (QED) is 0.883. The fourth-order valence-electron chi connectivity index (χ4n) is 2.17. The molecule has 0 saturated heterocycles. The van der Waals surface area contributed by atoms with Crippen molar-refractivity contribution in [3.8, 4) is 0 Å². The zero-order chi connectivity index (χ0) is 13.8. The van der Waals surface area contributed by atoms with Crippen LogP contribution in [0.5, 0.6) is 0 Å². The summed E-state index contributed by atoms with van der Waals surface area (Å²) in [5, 5.41) is 13.0. The van der Waals surface area contributed by atoms with Crippen LogP contribution in [0.1, 0.15) is 30.6 Å². The van der Waals surface area contributed by atoms with Gasteiger partial charge in [0.1, 0.15) is 0 Å². The number of fused-ring (bicyclic) bond motifs is 1. The number of pyridine rings is 1. The molecular weight excluding hydrogens is 240 g/mol. The molecule has 4 nitrogen and oxygen atoms in total. The highest BCUT2D eigenvalue weighted by Gasteiger charge is 2.13.